The number of pyridine rings is 2. The molecule has 0 bridgehead atoms. The van der Waals surface area contributed by atoms with E-state index in [0.29, 0.717) is 22.6 Å². The van der Waals surface area contributed by atoms with E-state index in [-0.39, 0.29) is 23.1 Å². The molecule has 10 nitrogen and oxygen atoms in total. The van der Waals surface area contributed by atoms with Gasteiger partial charge < -0.3 is 9.47 Å². The van der Waals surface area contributed by atoms with Crippen LogP contribution in [0, 0.1) is 20.2 Å². The molecule has 0 N–H and O–H groups in total. The van der Waals surface area contributed by atoms with E-state index >= 15 is 0 Å². The van der Waals surface area contributed by atoms with Gasteiger partial charge in [-0.15, -0.1) is 0 Å². The van der Waals surface area contributed by atoms with Crippen LogP contribution in [0.4, 0.5) is 11.4 Å². The summed E-state index contributed by atoms with van der Waals surface area (Å²) in [6, 6.07) is 28.6. The van der Waals surface area contributed by atoms with Crippen molar-refractivity contribution in [1.82, 2.24) is 9.97 Å². The molecule has 0 saturated heterocycles. The van der Waals surface area contributed by atoms with Crippen LogP contribution in [-0.2, 0) is 0 Å². The fourth-order valence-corrected chi connectivity index (χ4v) is 4.50. The number of rotatable bonds is 7. The lowest BCUT2D eigenvalue weighted by Gasteiger charge is -2.19. The molecule has 2 aromatic heterocycles. The molecular formula is C30H18N4O6. The quantitative estimate of drug-likeness (QED) is 0.151. The fraction of sp³-hybridized carbons (Fsp3) is 0. The van der Waals surface area contributed by atoms with Crippen molar-refractivity contribution in [2.24, 2.45) is 0 Å². The first kappa shape index (κ1) is 24.4. The third kappa shape index (κ3) is 4.61. The van der Waals surface area contributed by atoms with Crippen molar-refractivity contribution in [1.29, 1.82) is 0 Å². The minimum Gasteiger partial charge on any atom is -0.438 e. The van der Waals surface area contributed by atoms with Crippen molar-refractivity contribution < 1.29 is 19.3 Å². The average molecular weight is 530 g/mol. The van der Waals surface area contributed by atoms with Gasteiger partial charge in [0.2, 0.25) is 11.8 Å². The molecule has 6 aromatic rings. The molecule has 4 aromatic carbocycles. The number of ether oxygens (including phenoxy) is 2. The molecule has 0 aliphatic heterocycles. The molecule has 0 aliphatic rings. The SMILES string of the molecule is O=[N+]([O-])c1ccc(Oc2ccc3ccccc3c2-c2c(Oc3ccc([N+](=O)[O-])cn3)ccc3ccccc23)nc1. The smallest absolute Gasteiger partial charge is 0.287 e. The monoisotopic (exact) mass is 530 g/mol. The van der Waals surface area contributed by atoms with E-state index in [2.05, 4.69) is 9.97 Å². The summed E-state index contributed by atoms with van der Waals surface area (Å²) in [7, 11) is 0. The van der Waals surface area contributed by atoms with E-state index in [0.717, 1.165) is 33.9 Å². The van der Waals surface area contributed by atoms with Crippen LogP contribution in [0.1, 0.15) is 0 Å². The molecule has 0 atom stereocenters. The predicted octanol–water partition coefficient (Wildman–Crippen LogP) is 7.85. The number of aromatic nitrogens is 2. The fourth-order valence-electron chi connectivity index (χ4n) is 4.50. The van der Waals surface area contributed by atoms with E-state index in [4.69, 9.17) is 9.47 Å². The van der Waals surface area contributed by atoms with E-state index in [1.54, 1.807) is 0 Å². The van der Waals surface area contributed by atoms with Crippen LogP contribution in [0.25, 0.3) is 32.7 Å². The zero-order valence-electron chi connectivity index (χ0n) is 20.6. The zero-order valence-corrected chi connectivity index (χ0v) is 20.6. The lowest BCUT2D eigenvalue weighted by Crippen LogP contribution is -1.97. The Labute approximate surface area is 226 Å². The van der Waals surface area contributed by atoms with Gasteiger partial charge in [-0.05, 0) is 33.7 Å². The molecule has 0 radical (unpaired) electrons. The Kier molecular flexibility index (Phi) is 6.17. The average Bonchev–Trinajstić information content (AvgIpc) is 2.98. The van der Waals surface area contributed by atoms with Crippen LogP contribution in [0.15, 0.2) is 109 Å². The molecule has 2 heterocycles. The highest BCUT2D eigenvalue weighted by Gasteiger charge is 2.21. The number of nitro groups is 2. The molecule has 0 amide bonds. The van der Waals surface area contributed by atoms with Crippen LogP contribution in [0.5, 0.6) is 23.3 Å². The van der Waals surface area contributed by atoms with Crippen molar-refractivity contribution in [2.75, 3.05) is 0 Å². The lowest BCUT2D eigenvalue weighted by molar-refractivity contribution is -0.385. The summed E-state index contributed by atoms with van der Waals surface area (Å²) in [5.41, 5.74) is 1.14. The Hall–Kier alpha value is -5.90. The van der Waals surface area contributed by atoms with Crippen molar-refractivity contribution in [2.45, 2.75) is 0 Å². The van der Waals surface area contributed by atoms with Crippen molar-refractivity contribution in [3.8, 4) is 34.4 Å². The molecule has 10 heteroatoms. The maximum Gasteiger partial charge on any atom is 0.287 e. The van der Waals surface area contributed by atoms with Gasteiger partial charge in [-0.25, -0.2) is 9.97 Å². The van der Waals surface area contributed by atoms with Crippen LogP contribution in [-0.4, -0.2) is 19.8 Å². The molecule has 6 rings (SSSR count). The highest BCUT2D eigenvalue weighted by molar-refractivity contribution is 6.09. The van der Waals surface area contributed by atoms with Crippen LogP contribution >= 0.6 is 0 Å². The Morgan fingerprint density at radius 2 is 0.950 bits per heavy atom. The van der Waals surface area contributed by atoms with E-state index in [1.165, 1.54) is 24.3 Å². The maximum atomic E-state index is 11.1. The summed E-state index contributed by atoms with van der Waals surface area (Å²) in [5, 5.41) is 25.8. The first-order valence-corrected chi connectivity index (χ1v) is 12.1. The van der Waals surface area contributed by atoms with Crippen LogP contribution in [0.3, 0.4) is 0 Å². The molecule has 40 heavy (non-hydrogen) atoms. The van der Waals surface area contributed by atoms with Gasteiger partial charge in [0.1, 0.15) is 23.9 Å². The molecule has 0 aliphatic carbocycles. The predicted molar refractivity (Wildman–Crippen MR) is 149 cm³/mol. The van der Waals surface area contributed by atoms with E-state index in [1.807, 2.05) is 72.8 Å². The minimum atomic E-state index is -0.524. The van der Waals surface area contributed by atoms with Crippen molar-refractivity contribution >= 4 is 32.9 Å². The lowest BCUT2D eigenvalue weighted by atomic mass is 9.92. The second-order valence-electron chi connectivity index (χ2n) is 8.75. The Bertz CT molecular complexity index is 1770. The summed E-state index contributed by atoms with van der Waals surface area (Å²) in [6.45, 7) is 0. The Morgan fingerprint density at radius 3 is 1.32 bits per heavy atom. The summed E-state index contributed by atoms with van der Waals surface area (Å²) in [4.78, 5) is 29.4. The topological polar surface area (TPSA) is 131 Å². The standard InChI is InChI=1S/C30H18N4O6/c35-33(36)21-11-15-27(31-17-21)39-25-13-9-19-5-1-3-7-23(19)29(25)30-24-8-4-2-6-20(24)10-14-26(30)40-28-16-12-22(18-32-28)34(37)38/h1-18H. The third-order valence-electron chi connectivity index (χ3n) is 6.32. The minimum absolute atomic E-state index is 0.147. The van der Waals surface area contributed by atoms with E-state index < -0.39 is 9.85 Å². The van der Waals surface area contributed by atoms with Crippen LogP contribution < -0.4 is 9.47 Å². The molecule has 0 unspecified atom stereocenters. The summed E-state index contributed by atoms with van der Waals surface area (Å²) < 4.78 is 12.4. The normalized spacial score (nSPS) is 10.9. The molecular weight excluding hydrogens is 512 g/mol. The van der Waals surface area contributed by atoms with E-state index in [9.17, 15) is 20.2 Å². The molecule has 0 saturated carbocycles. The van der Waals surface area contributed by atoms with Crippen molar-refractivity contribution in [3.63, 3.8) is 0 Å². The summed E-state index contributed by atoms with van der Waals surface area (Å²) in [6.07, 6.45) is 2.28. The van der Waals surface area contributed by atoms with Gasteiger partial charge in [0, 0.05) is 35.4 Å². The largest absolute Gasteiger partial charge is 0.438 e. The van der Waals surface area contributed by atoms with Gasteiger partial charge >= 0.3 is 0 Å². The van der Waals surface area contributed by atoms with Gasteiger partial charge in [-0.1, -0.05) is 60.7 Å². The van der Waals surface area contributed by atoms with Gasteiger partial charge in [-0.3, -0.25) is 20.2 Å². The van der Waals surface area contributed by atoms with Crippen molar-refractivity contribution in [3.05, 3.63) is 130 Å². The third-order valence-corrected chi connectivity index (χ3v) is 6.32. The zero-order chi connectivity index (χ0) is 27.6. The molecule has 0 spiro atoms. The second-order valence-corrected chi connectivity index (χ2v) is 8.75. The number of hydrogen-bond acceptors (Lipinski definition) is 8. The highest BCUT2D eigenvalue weighted by atomic mass is 16.6. The van der Waals surface area contributed by atoms with Gasteiger partial charge in [0.15, 0.2) is 0 Å². The number of nitrogens with zero attached hydrogens (tertiary/aromatic N) is 4. The maximum absolute atomic E-state index is 11.1. The number of benzene rings is 4. The van der Waals surface area contributed by atoms with Crippen LogP contribution in [0.2, 0.25) is 0 Å². The van der Waals surface area contributed by atoms with Gasteiger partial charge in [0.05, 0.1) is 9.85 Å². The first-order chi connectivity index (χ1) is 19.5. The van der Waals surface area contributed by atoms with Gasteiger partial charge in [-0.2, -0.15) is 0 Å². The molecule has 194 valence electrons. The molecule has 0 fully saturated rings. The first-order valence-electron chi connectivity index (χ1n) is 12.1. The summed E-state index contributed by atoms with van der Waals surface area (Å²) in [5.74, 6) is 1.28. The van der Waals surface area contributed by atoms with Gasteiger partial charge in [0.25, 0.3) is 11.4 Å². The Balaban J connectivity index is 1.56. The highest BCUT2D eigenvalue weighted by Crippen LogP contribution is 2.47. The number of fused-ring (bicyclic) bond motifs is 2. The number of hydrogen-bond donors (Lipinski definition) is 0. The Morgan fingerprint density at radius 1 is 0.525 bits per heavy atom. The summed E-state index contributed by atoms with van der Waals surface area (Å²) >= 11 is 0. The second kappa shape index (κ2) is 10.1.